The molecule has 0 aliphatic rings. The molecule has 16 heavy (non-hydrogen) atoms. The maximum absolute atomic E-state index is 10.3. The number of hydrogen-bond acceptors (Lipinski definition) is 5. The average Bonchev–Trinajstić information content (AvgIpc) is 2.15. The Morgan fingerprint density at radius 1 is 1.31 bits per heavy atom. The zero-order valence-electron chi connectivity index (χ0n) is 8.76. The van der Waals surface area contributed by atoms with E-state index in [1.807, 2.05) is 0 Å². The van der Waals surface area contributed by atoms with Crippen LogP contribution in [0.1, 0.15) is 12.8 Å². The minimum Gasteiger partial charge on any atom is -0.748 e. The fourth-order valence-corrected chi connectivity index (χ4v) is 1.73. The van der Waals surface area contributed by atoms with Crippen LogP contribution < -0.4 is 10.5 Å². The van der Waals surface area contributed by atoms with Gasteiger partial charge >= 0.3 is 0 Å². The standard InChI is InChI=1S/C10H15NO4S/c11-9-4-3-5-10(8-9)15-6-1-2-7-16(12,13)14/h3-5,8H,1-2,6-7,11H2,(H,12,13,14)/p-1. The van der Waals surface area contributed by atoms with Gasteiger partial charge in [0, 0.05) is 17.5 Å². The molecule has 1 rings (SSSR count). The van der Waals surface area contributed by atoms with Gasteiger partial charge in [0.05, 0.1) is 16.7 Å². The van der Waals surface area contributed by atoms with Crippen molar-refractivity contribution in [1.29, 1.82) is 0 Å². The molecule has 1 aromatic rings. The number of nitrogen functional groups attached to an aromatic ring is 1. The highest BCUT2D eigenvalue weighted by molar-refractivity contribution is 7.85. The van der Waals surface area contributed by atoms with Gasteiger partial charge in [-0.3, -0.25) is 0 Å². The van der Waals surface area contributed by atoms with Crippen molar-refractivity contribution in [2.24, 2.45) is 0 Å². The molecular weight excluding hydrogens is 230 g/mol. The van der Waals surface area contributed by atoms with Crippen molar-refractivity contribution in [3.05, 3.63) is 24.3 Å². The van der Waals surface area contributed by atoms with E-state index < -0.39 is 10.1 Å². The van der Waals surface area contributed by atoms with Crippen LogP contribution in [-0.4, -0.2) is 25.3 Å². The lowest BCUT2D eigenvalue weighted by Gasteiger charge is -2.08. The van der Waals surface area contributed by atoms with Crippen LogP contribution in [0, 0.1) is 0 Å². The third kappa shape index (κ3) is 5.57. The van der Waals surface area contributed by atoms with Crippen LogP contribution in [0.5, 0.6) is 5.75 Å². The summed E-state index contributed by atoms with van der Waals surface area (Å²) in [5, 5.41) is 0. The number of rotatable bonds is 6. The summed E-state index contributed by atoms with van der Waals surface area (Å²) in [6.45, 7) is 0.374. The minimum absolute atomic E-state index is 0.314. The molecule has 0 spiro atoms. The van der Waals surface area contributed by atoms with Crippen molar-refractivity contribution in [3.63, 3.8) is 0 Å². The Kier molecular flexibility index (Phi) is 4.57. The quantitative estimate of drug-likeness (QED) is 0.457. The predicted octanol–water partition coefficient (Wildman–Crippen LogP) is 0.973. The second-order valence-corrected chi connectivity index (χ2v) is 4.91. The minimum atomic E-state index is -4.10. The highest BCUT2D eigenvalue weighted by atomic mass is 32.2. The van der Waals surface area contributed by atoms with Gasteiger partial charge in [0.2, 0.25) is 0 Å². The van der Waals surface area contributed by atoms with Gasteiger partial charge < -0.3 is 15.0 Å². The van der Waals surface area contributed by atoms with Crippen molar-refractivity contribution in [3.8, 4) is 5.75 Å². The smallest absolute Gasteiger partial charge is 0.121 e. The molecule has 0 amide bonds. The maximum Gasteiger partial charge on any atom is 0.121 e. The SMILES string of the molecule is Nc1cccc(OCCCCS(=O)(=O)[O-])c1. The van der Waals surface area contributed by atoms with Crippen LogP contribution in [0.4, 0.5) is 5.69 Å². The summed E-state index contributed by atoms with van der Waals surface area (Å²) < 4.78 is 36.2. The van der Waals surface area contributed by atoms with Crippen molar-refractivity contribution in [2.75, 3.05) is 18.1 Å². The lowest BCUT2D eigenvalue weighted by atomic mass is 10.3. The first-order valence-electron chi connectivity index (χ1n) is 4.89. The van der Waals surface area contributed by atoms with Gasteiger partial charge in [0.1, 0.15) is 5.75 Å². The van der Waals surface area contributed by atoms with Crippen LogP contribution >= 0.6 is 0 Å². The van der Waals surface area contributed by atoms with Gasteiger partial charge in [-0.25, -0.2) is 8.42 Å². The van der Waals surface area contributed by atoms with Gasteiger partial charge in [-0.05, 0) is 25.0 Å². The van der Waals surface area contributed by atoms with E-state index in [-0.39, 0.29) is 5.75 Å². The topological polar surface area (TPSA) is 92.5 Å². The fraction of sp³-hybridized carbons (Fsp3) is 0.400. The zero-order valence-corrected chi connectivity index (χ0v) is 9.57. The van der Waals surface area contributed by atoms with E-state index in [1.165, 1.54) is 0 Å². The number of anilines is 1. The van der Waals surface area contributed by atoms with Gasteiger partial charge in [-0.15, -0.1) is 0 Å². The van der Waals surface area contributed by atoms with Crippen molar-refractivity contribution in [2.45, 2.75) is 12.8 Å². The molecule has 0 atom stereocenters. The summed E-state index contributed by atoms with van der Waals surface area (Å²) in [4.78, 5) is 0. The summed E-state index contributed by atoms with van der Waals surface area (Å²) in [6.07, 6.45) is 0.838. The van der Waals surface area contributed by atoms with Crippen LogP contribution in [-0.2, 0) is 10.1 Å². The monoisotopic (exact) mass is 244 g/mol. The maximum atomic E-state index is 10.3. The van der Waals surface area contributed by atoms with Crippen molar-refractivity contribution >= 4 is 15.8 Å². The van der Waals surface area contributed by atoms with Crippen molar-refractivity contribution < 1.29 is 17.7 Å². The molecule has 1 aromatic carbocycles. The first-order valence-corrected chi connectivity index (χ1v) is 6.47. The number of nitrogens with two attached hydrogens (primary N) is 1. The summed E-state index contributed by atoms with van der Waals surface area (Å²) >= 11 is 0. The molecule has 90 valence electrons. The van der Waals surface area contributed by atoms with E-state index in [4.69, 9.17) is 10.5 Å². The molecule has 0 aromatic heterocycles. The molecule has 0 aliphatic carbocycles. The molecule has 6 heteroatoms. The van der Waals surface area contributed by atoms with Gasteiger partial charge in [-0.2, -0.15) is 0 Å². The second-order valence-electron chi connectivity index (χ2n) is 3.39. The van der Waals surface area contributed by atoms with Crippen LogP contribution in [0.25, 0.3) is 0 Å². The molecule has 0 saturated heterocycles. The van der Waals surface area contributed by atoms with E-state index in [0.29, 0.717) is 30.9 Å². The van der Waals surface area contributed by atoms with E-state index >= 15 is 0 Å². The van der Waals surface area contributed by atoms with E-state index in [9.17, 15) is 13.0 Å². The van der Waals surface area contributed by atoms with Gasteiger partial charge in [0.25, 0.3) is 0 Å². The Labute approximate surface area is 95.0 Å². The molecule has 0 unspecified atom stereocenters. The Morgan fingerprint density at radius 3 is 2.69 bits per heavy atom. The normalized spacial score (nSPS) is 11.3. The highest BCUT2D eigenvalue weighted by Gasteiger charge is 1.97. The molecule has 0 fully saturated rings. The largest absolute Gasteiger partial charge is 0.748 e. The van der Waals surface area contributed by atoms with Crippen LogP contribution in [0.15, 0.2) is 24.3 Å². The summed E-state index contributed by atoms with van der Waals surface area (Å²) in [6, 6.07) is 6.97. The molecule has 0 aliphatic heterocycles. The van der Waals surface area contributed by atoms with Crippen LogP contribution in [0.2, 0.25) is 0 Å². The number of benzene rings is 1. The Hall–Kier alpha value is -1.27. The summed E-state index contributed by atoms with van der Waals surface area (Å²) in [5.41, 5.74) is 6.16. The predicted molar refractivity (Wildman–Crippen MR) is 60.1 cm³/mol. The number of unbranched alkanes of at least 4 members (excludes halogenated alkanes) is 1. The lowest BCUT2D eigenvalue weighted by molar-refractivity contribution is 0.309. The number of hydrogen-bond donors (Lipinski definition) is 1. The highest BCUT2D eigenvalue weighted by Crippen LogP contribution is 2.14. The van der Waals surface area contributed by atoms with Gasteiger partial charge in [-0.1, -0.05) is 6.07 Å². The van der Waals surface area contributed by atoms with E-state index in [1.54, 1.807) is 24.3 Å². The summed E-state index contributed by atoms with van der Waals surface area (Å²) in [5.74, 6) is 0.304. The Balaban J connectivity index is 2.21. The molecule has 2 N–H and O–H groups in total. The van der Waals surface area contributed by atoms with Crippen molar-refractivity contribution in [1.82, 2.24) is 0 Å². The zero-order chi connectivity index (χ0) is 12.0. The molecule has 5 nitrogen and oxygen atoms in total. The Morgan fingerprint density at radius 2 is 2.06 bits per heavy atom. The first kappa shape index (κ1) is 12.8. The van der Waals surface area contributed by atoms with Crippen LogP contribution in [0.3, 0.4) is 0 Å². The third-order valence-electron chi connectivity index (χ3n) is 1.92. The average molecular weight is 244 g/mol. The lowest BCUT2D eigenvalue weighted by Crippen LogP contribution is -2.06. The molecule has 0 bridgehead atoms. The van der Waals surface area contributed by atoms with E-state index in [0.717, 1.165) is 0 Å². The fourth-order valence-electron chi connectivity index (χ4n) is 1.18. The molecule has 0 radical (unpaired) electrons. The third-order valence-corrected chi connectivity index (χ3v) is 2.70. The second kappa shape index (κ2) is 5.72. The van der Waals surface area contributed by atoms with E-state index in [2.05, 4.69) is 0 Å². The first-order chi connectivity index (χ1) is 7.47. The number of ether oxygens (including phenoxy) is 1. The Bertz CT molecular complexity index is 430. The molecule has 0 saturated carbocycles. The molecular formula is C10H14NO4S-. The summed E-state index contributed by atoms with van der Waals surface area (Å²) in [7, 11) is -4.10. The van der Waals surface area contributed by atoms with Gasteiger partial charge in [0.15, 0.2) is 0 Å². The molecule has 0 heterocycles.